The maximum Gasteiger partial charge on any atom is 0.343 e. The number of para-hydroxylation sites is 1. The highest BCUT2D eigenvalue weighted by Gasteiger charge is 2.13. The summed E-state index contributed by atoms with van der Waals surface area (Å²) in [6.07, 6.45) is 3.42. The van der Waals surface area contributed by atoms with Crippen molar-refractivity contribution in [1.82, 2.24) is 5.43 Å². The fraction of sp³-hybridized carbons (Fsp3) is 0.192. The number of rotatable bonds is 10. The Morgan fingerprint density at radius 2 is 1.79 bits per heavy atom. The Labute approximate surface area is 197 Å². The second-order valence-corrected chi connectivity index (χ2v) is 7.24. The second kappa shape index (κ2) is 12.1. The van der Waals surface area contributed by atoms with Crippen molar-refractivity contribution in [2.45, 2.75) is 19.8 Å². The molecule has 0 aromatic heterocycles. The van der Waals surface area contributed by atoms with Crippen molar-refractivity contribution in [1.29, 1.82) is 0 Å². The van der Waals surface area contributed by atoms with Gasteiger partial charge in [0.25, 0.3) is 5.91 Å². The predicted molar refractivity (Wildman–Crippen MR) is 128 cm³/mol. The number of carbonyl (C=O) groups is 2. The minimum Gasteiger partial charge on any atom is -0.507 e. The van der Waals surface area contributed by atoms with Crippen LogP contribution in [0.5, 0.6) is 23.0 Å². The normalized spacial score (nSPS) is 10.6. The van der Waals surface area contributed by atoms with E-state index in [9.17, 15) is 14.7 Å². The van der Waals surface area contributed by atoms with E-state index >= 15 is 0 Å². The first kappa shape index (κ1) is 24.3. The summed E-state index contributed by atoms with van der Waals surface area (Å²) >= 11 is 0. The Morgan fingerprint density at radius 1 is 1.03 bits per heavy atom. The molecule has 176 valence electrons. The van der Waals surface area contributed by atoms with Crippen molar-refractivity contribution in [2.24, 2.45) is 5.10 Å². The molecule has 2 N–H and O–H groups in total. The third kappa shape index (κ3) is 6.59. The quantitative estimate of drug-likeness (QED) is 0.150. The molecule has 0 fully saturated rings. The van der Waals surface area contributed by atoms with Crippen LogP contribution in [-0.2, 0) is 0 Å². The Morgan fingerprint density at radius 3 is 2.50 bits per heavy atom. The summed E-state index contributed by atoms with van der Waals surface area (Å²) in [5.74, 6) is 0.0425. The van der Waals surface area contributed by atoms with E-state index < -0.39 is 11.9 Å². The molecule has 0 saturated heterocycles. The SMILES string of the molecule is CCCCOc1ccc(C(=O)Oc2ccc(/C=N\NC(=O)c3ccccc3O)cc2OC)cc1. The molecule has 34 heavy (non-hydrogen) atoms. The summed E-state index contributed by atoms with van der Waals surface area (Å²) in [5, 5.41) is 13.6. The lowest BCUT2D eigenvalue weighted by Crippen LogP contribution is -2.17. The third-order valence-corrected chi connectivity index (χ3v) is 4.78. The van der Waals surface area contributed by atoms with E-state index in [0.29, 0.717) is 29.2 Å². The fourth-order valence-electron chi connectivity index (χ4n) is 2.92. The molecule has 0 bridgehead atoms. The lowest BCUT2D eigenvalue weighted by atomic mass is 10.2. The molecular formula is C26H26N2O6. The van der Waals surface area contributed by atoms with Gasteiger partial charge in [0, 0.05) is 0 Å². The monoisotopic (exact) mass is 462 g/mol. The molecule has 0 heterocycles. The number of nitrogens with one attached hydrogen (secondary N) is 1. The highest BCUT2D eigenvalue weighted by molar-refractivity contribution is 5.97. The van der Waals surface area contributed by atoms with E-state index in [2.05, 4.69) is 17.5 Å². The number of ether oxygens (including phenoxy) is 3. The smallest absolute Gasteiger partial charge is 0.343 e. The van der Waals surface area contributed by atoms with Gasteiger partial charge in [0.15, 0.2) is 11.5 Å². The van der Waals surface area contributed by atoms with Crippen molar-refractivity contribution >= 4 is 18.1 Å². The van der Waals surface area contributed by atoms with Crippen molar-refractivity contribution in [3.05, 3.63) is 83.4 Å². The average Bonchev–Trinajstić information content (AvgIpc) is 2.85. The number of benzene rings is 3. The van der Waals surface area contributed by atoms with Gasteiger partial charge in [-0.05, 0) is 66.6 Å². The molecule has 3 aromatic carbocycles. The van der Waals surface area contributed by atoms with Crippen molar-refractivity contribution < 1.29 is 28.9 Å². The lowest BCUT2D eigenvalue weighted by molar-refractivity contribution is 0.0729. The van der Waals surface area contributed by atoms with Gasteiger partial charge in [-0.2, -0.15) is 5.10 Å². The number of aromatic hydroxyl groups is 1. The van der Waals surface area contributed by atoms with Crippen LogP contribution >= 0.6 is 0 Å². The predicted octanol–water partition coefficient (Wildman–Crippen LogP) is 4.56. The zero-order valence-corrected chi connectivity index (χ0v) is 19.0. The minimum atomic E-state index is -0.548. The second-order valence-electron chi connectivity index (χ2n) is 7.24. The number of amides is 1. The van der Waals surface area contributed by atoms with Gasteiger partial charge in [0.1, 0.15) is 11.5 Å². The van der Waals surface area contributed by atoms with E-state index in [1.165, 1.54) is 25.5 Å². The lowest BCUT2D eigenvalue weighted by Gasteiger charge is -2.10. The number of phenolic OH excluding ortho intramolecular Hbond substituents is 1. The zero-order chi connectivity index (χ0) is 24.3. The number of hydrazone groups is 1. The van der Waals surface area contributed by atoms with Gasteiger partial charge in [0.2, 0.25) is 0 Å². The molecule has 8 heteroatoms. The molecule has 3 rings (SSSR count). The zero-order valence-electron chi connectivity index (χ0n) is 19.0. The van der Waals surface area contributed by atoms with Crippen LogP contribution in [0.15, 0.2) is 71.8 Å². The molecule has 0 unspecified atom stereocenters. The molecule has 0 atom stereocenters. The first-order valence-corrected chi connectivity index (χ1v) is 10.8. The van der Waals surface area contributed by atoms with Crippen LogP contribution in [-0.4, -0.2) is 36.9 Å². The van der Waals surface area contributed by atoms with Crippen molar-refractivity contribution in [2.75, 3.05) is 13.7 Å². The van der Waals surface area contributed by atoms with E-state index in [-0.39, 0.29) is 17.1 Å². The van der Waals surface area contributed by atoms with Gasteiger partial charge >= 0.3 is 5.97 Å². The summed E-state index contributed by atoms with van der Waals surface area (Å²) < 4.78 is 16.4. The minimum absolute atomic E-state index is 0.111. The first-order chi connectivity index (χ1) is 16.5. The molecular weight excluding hydrogens is 436 g/mol. The van der Waals surface area contributed by atoms with Gasteiger partial charge in [-0.1, -0.05) is 25.5 Å². The van der Waals surface area contributed by atoms with Crippen LogP contribution in [0.4, 0.5) is 0 Å². The molecule has 0 aliphatic carbocycles. The number of nitrogens with zero attached hydrogens (tertiary/aromatic N) is 1. The van der Waals surface area contributed by atoms with Crippen LogP contribution < -0.4 is 19.6 Å². The largest absolute Gasteiger partial charge is 0.507 e. The highest BCUT2D eigenvalue weighted by Crippen LogP contribution is 2.28. The maximum atomic E-state index is 12.5. The average molecular weight is 463 g/mol. The van der Waals surface area contributed by atoms with Gasteiger partial charge < -0.3 is 19.3 Å². The molecule has 3 aromatic rings. The fourth-order valence-corrected chi connectivity index (χ4v) is 2.92. The topological polar surface area (TPSA) is 106 Å². The number of hydrogen-bond donors (Lipinski definition) is 2. The maximum absolute atomic E-state index is 12.5. The Kier molecular flexibility index (Phi) is 8.62. The highest BCUT2D eigenvalue weighted by atomic mass is 16.6. The summed E-state index contributed by atoms with van der Waals surface area (Å²) in [7, 11) is 1.45. The van der Waals surface area contributed by atoms with Gasteiger partial charge in [-0.15, -0.1) is 0 Å². The summed E-state index contributed by atoms with van der Waals surface area (Å²) in [6.45, 7) is 2.72. The molecule has 0 aliphatic heterocycles. The van der Waals surface area contributed by atoms with E-state index in [1.54, 1.807) is 54.6 Å². The summed E-state index contributed by atoms with van der Waals surface area (Å²) in [4.78, 5) is 24.6. The van der Waals surface area contributed by atoms with Crippen LogP contribution in [0.2, 0.25) is 0 Å². The number of unbranched alkanes of at least 4 members (excludes halogenated alkanes) is 1. The number of carbonyl (C=O) groups excluding carboxylic acids is 2. The standard InChI is InChI=1S/C26H26N2O6/c1-3-4-15-33-20-12-10-19(11-13-20)26(31)34-23-14-9-18(16-24(23)32-2)17-27-28-25(30)21-7-5-6-8-22(21)29/h5-14,16-17,29H,3-4,15H2,1-2H3,(H,28,30)/b27-17-. The van der Waals surface area contributed by atoms with Gasteiger partial charge in [-0.25, -0.2) is 10.2 Å². The number of methoxy groups -OCH3 is 1. The number of hydrogen-bond acceptors (Lipinski definition) is 7. The van der Waals surface area contributed by atoms with Gasteiger partial charge in [-0.3, -0.25) is 4.79 Å². The van der Waals surface area contributed by atoms with E-state index in [0.717, 1.165) is 12.8 Å². The van der Waals surface area contributed by atoms with E-state index in [4.69, 9.17) is 14.2 Å². The Balaban J connectivity index is 1.62. The molecule has 8 nitrogen and oxygen atoms in total. The van der Waals surface area contributed by atoms with Crippen molar-refractivity contribution in [3.63, 3.8) is 0 Å². The van der Waals surface area contributed by atoms with Gasteiger partial charge in [0.05, 0.1) is 31.1 Å². The molecule has 0 radical (unpaired) electrons. The van der Waals surface area contributed by atoms with Crippen LogP contribution in [0, 0.1) is 0 Å². The molecule has 0 aliphatic rings. The van der Waals surface area contributed by atoms with Crippen molar-refractivity contribution in [3.8, 4) is 23.0 Å². The summed E-state index contributed by atoms with van der Waals surface area (Å²) in [5.41, 5.74) is 3.44. The Bertz CT molecular complexity index is 1160. The van der Waals surface area contributed by atoms with Crippen LogP contribution in [0.1, 0.15) is 46.0 Å². The van der Waals surface area contributed by atoms with E-state index in [1.807, 2.05) is 0 Å². The first-order valence-electron chi connectivity index (χ1n) is 10.8. The Hall–Kier alpha value is -4.33. The van der Waals surface area contributed by atoms with Crippen LogP contribution in [0.25, 0.3) is 0 Å². The summed E-state index contributed by atoms with van der Waals surface area (Å²) in [6, 6.07) is 17.7. The molecule has 0 saturated carbocycles. The van der Waals surface area contributed by atoms with Crippen LogP contribution in [0.3, 0.4) is 0 Å². The number of phenols is 1. The molecule has 0 spiro atoms. The third-order valence-electron chi connectivity index (χ3n) is 4.78. The number of esters is 1. The molecule has 1 amide bonds.